The van der Waals surface area contributed by atoms with Crippen LogP contribution < -0.4 is 10.6 Å². The summed E-state index contributed by atoms with van der Waals surface area (Å²) in [6.45, 7) is 3.11. The molecule has 142 valence electrons. The zero-order valence-electron chi connectivity index (χ0n) is 15.2. The molecule has 1 aromatic carbocycles. The lowest BCUT2D eigenvalue weighted by molar-refractivity contribution is -0.124. The van der Waals surface area contributed by atoms with Gasteiger partial charge in [-0.3, -0.25) is 9.59 Å². The number of carbonyl (C=O) groups is 2. The van der Waals surface area contributed by atoms with Gasteiger partial charge in [-0.25, -0.2) is 0 Å². The van der Waals surface area contributed by atoms with Gasteiger partial charge in [0.05, 0.1) is 0 Å². The van der Waals surface area contributed by atoms with Crippen molar-refractivity contribution in [2.75, 3.05) is 25.0 Å². The summed E-state index contributed by atoms with van der Waals surface area (Å²) in [5, 5.41) is 15.1. The van der Waals surface area contributed by atoms with Crippen molar-refractivity contribution in [3.8, 4) is 5.75 Å². The highest BCUT2D eigenvalue weighted by Crippen LogP contribution is 2.30. The standard InChI is InChI=1S/C20H29N3O3/c24-17-7-3-6-16(13-17)22-20(26)10-9-19(25)21-14-15-5-4-12-23-11-2-1-8-18(15)23/h3,6-7,13,15,18,24H,1-2,4-5,8-12,14H2,(H,21,25)(H,22,26)/t15-,18+/m0/s1. The lowest BCUT2D eigenvalue weighted by atomic mass is 9.83. The minimum absolute atomic E-state index is 0.0657. The second-order valence-corrected chi connectivity index (χ2v) is 7.40. The highest BCUT2D eigenvalue weighted by Gasteiger charge is 2.32. The van der Waals surface area contributed by atoms with E-state index >= 15 is 0 Å². The summed E-state index contributed by atoms with van der Waals surface area (Å²) < 4.78 is 0. The van der Waals surface area contributed by atoms with Gasteiger partial charge in [0.25, 0.3) is 0 Å². The molecule has 0 bridgehead atoms. The van der Waals surface area contributed by atoms with Gasteiger partial charge < -0.3 is 20.6 Å². The summed E-state index contributed by atoms with van der Waals surface area (Å²) in [4.78, 5) is 26.6. The van der Waals surface area contributed by atoms with Crippen LogP contribution in [0.25, 0.3) is 0 Å². The lowest BCUT2D eigenvalue weighted by Gasteiger charge is -2.44. The molecule has 2 heterocycles. The van der Waals surface area contributed by atoms with Gasteiger partial charge in [-0.15, -0.1) is 0 Å². The topological polar surface area (TPSA) is 81.7 Å². The molecule has 2 saturated heterocycles. The molecule has 0 aromatic heterocycles. The van der Waals surface area contributed by atoms with Crippen molar-refractivity contribution >= 4 is 17.5 Å². The van der Waals surface area contributed by atoms with Gasteiger partial charge in [-0.2, -0.15) is 0 Å². The monoisotopic (exact) mass is 359 g/mol. The van der Waals surface area contributed by atoms with Crippen molar-refractivity contribution in [3.05, 3.63) is 24.3 Å². The fourth-order valence-corrected chi connectivity index (χ4v) is 4.18. The van der Waals surface area contributed by atoms with E-state index in [1.165, 1.54) is 51.3 Å². The first kappa shape index (κ1) is 18.7. The molecular formula is C20H29N3O3. The maximum Gasteiger partial charge on any atom is 0.224 e. The minimum Gasteiger partial charge on any atom is -0.508 e. The van der Waals surface area contributed by atoms with E-state index in [0.717, 1.165) is 0 Å². The Balaban J connectivity index is 1.38. The largest absolute Gasteiger partial charge is 0.508 e. The van der Waals surface area contributed by atoms with Crippen molar-refractivity contribution in [2.24, 2.45) is 5.92 Å². The van der Waals surface area contributed by atoms with Gasteiger partial charge in [-0.05, 0) is 56.8 Å². The summed E-state index contributed by atoms with van der Waals surface area (Å²) in [7, 11) is 0. The number of benzene rings is 1. The number of phenolic OH excluding ortho intramolecular Hbond substituents is 1. The van der Waals surface area contributed by atoms with Crippen LogP contribution in [0.4, 0.5) is 5.69 Å². The highest BCUT2D eigenvalue weighted by atomic mass is 16.3. The van der Waals surface area contributed by atoms with Gasteiger partial charge in [0.15, 0.2) is 0 Å². The van der Waals surface area contributed by atoms with E-state index in [-0.39, 0.29) is 30.4 Å². The summed E-state index contributed by atoms with van der Waals surface area (Å²) in [6, 6.07) is 7.01. The van der Waals surface area contributed by atoms with Crippen LogP contribution in [-0.4, -0.2) is 47.5 Å². The molecule has 2 amide bonds. The van der Waals surface area contributed by atoms with E-state index in [4.69, 9.17) is 0 Å². The molecule has 0 radical (unpaired) electrons. The van der Waals surface area contributed by atoms with Crippen LogP contribution in [0.15, 0.2) is 24.3 Å². The Morgan fingerprint density at radius 3 is 2.73 bits per heavy atom. The number of piperidine rings is 2. The number of nitrogens with one attached hydrogen (secondary N) is 2. The molecule has 2 fully saturated rings. The smallest absolute Gasteiger partial charge is 0.224 e. The first-order valence-electron chi connectivity index (χ1n) is 9.71. The number of anilines is 1. The van der Waals surface area contributed by atoms with Crippen LogP contribution >= 0.6 is 0 Å². The molecule has 0 saturated carbocycles. The van der Waals surface area contributed by atoms with Crippen LogP contribution in [0.1, 0.15) is 44.9 Å². The maximum atomic E-state index is 12.1. The Kier molecular flexibility index (Phi) is 6.50. The molecule has 6 nitrogen and oxygen atoms in total. The van der Waals surface area contributed by atoms with Crippen molar-refractivity contribution < 1.29 is 14.7 Å². The zero-order valence-corrected chi connectivity index (χ0v) is 15.2. The number of carbonyl (C=O) groups excluding carboxylic acids is 2. The van der Waals surface area contributed by atoms with Crippen molar-refractivity contribution in [1.82, 2.24) is 10.2 Å². The number of fused-ring (bicyclic) bond motifs is 1. The van der Waals surface area contributed by atoms with Gasteiger partial charge in [-0.1, -0.05) is 12.5 Å². The Morgan fingerprint density at radius 1 is 1.08 bits per heavy atom. The average molecular weight is 359 g/mol. The Morgan fingerprint density at radius 2 is 1.88 bits per heavy atom. The Bertz CT molecular complexity index is 632. The number of nitrogens with zero attached hydrogens (tertiary/aromatic N) is 1. The van der Waals surface area contributed by atoms with E-state index in [1.54, 1.807) is 18.2 Å². The lowest BCUT2D eigenvalue weighted by Crippen LogP contribution is -2.51. The number of phenols is 1. The molecular weight excluding hydrogens is 330 g/mol. The number of amides is 2. The third-order valence-electron chi connectivity index (χ3n) is 5.50. The van der Waals surface area contributed by atoms with Crippen LogP contribution in [0, 0.1) is 5.92 Å². The van der Waals surface area contributed by atoms with Crippen LogP contribution in [0.5, 0.6) is 5.75 Å². The van der Waals surface area contributed by atoms with E-state index in [9.17, 15) is 14.7 Å². The predicted molar refractivity (Wildman–Crippen MR) is 101 cm³/mol. The Labute approximate surface area is 155 Å². The van der Waals surface area contributed by atoms with Crippen LogP contribution in [-0.2, 0) is 9.59 Å². The number of hydrogen-bond acceptors (Lipinski definition) is 4. The fraction of sp³-hybridized carbons (Fsp3) is 0.600. The van der Waals surface area contributed by atoms with Gasteiger partial charge in [0.2, 0.25) is 11.8 Å². The van der Waals surface area contributed by atoms with Crippen molar-refractivity contribution in [1.29, 1.82) is 0 Å². The fourth-order valence-electron chi connectivity index (χ4n) is 4.18. The molecule has 2 atom stereocenters. The van der Waals surface area contributed by atoms with E-state index < -0.39 is 0 Å². The third kappa shape index (κ3) is 5.21. The van der Waals surface area contributed by atoms with Crippen LogP contribution in [0.2, 0.25) is 0 Å². The quantitative estimate of drug-likeness (QED) is 0.729. The Hall–Kier alpha value is -2.08. The molecule has 3 rings (SSSR count). The number of rotatable bonds is 6. The summed E-state index contributed by atoms with van der Waals surface area (Å²) >= 11 is 0. The normalized spacial score (nSPS) is 23.1. The van der Waals surface area contributed by atoms with Gasteiger partial charge in [0, 0.05) is 37.2 Å². The predicted octanol–water partition coefficient (Wildman–Crippen LogP) is 2.49. The molecule has 3 N–H and O–H groups in total. The molecule has 0 aliphatic carbocycles. The second-order valence-electron chi connectivity index (χ2n) is 7.40. The molecule has 1 aromatic rings. The van der Waals surface area contributed by atoms with Gasteiger partial charge in [0.1, 0.15) is 5.75 Å². The summed E-state index contributed by atoms with van der Waals surface area (Å²) in [6.07, 6.45) is 6.55. The number of aromatic hydroxyl groups is 1. The highest BCUT2D eigenvalue weighted by molar-refractivity contribution is 5.93. The molecule has 2 aliphatic rings. The summed E-state index contributed by atoms with van der Waals surface area (Å²) in [5.74, 6) is 0.352. The van der Waals surface area contributed by atoms with Crippen LogP contribution in [0.3, 0.4) is 0 Å². The number of hydrogen-bond donors (Lipinski definition) is 3. The first-order valence-corrected chi connectivity index (χ1v) is 9.71. The third-order valence-corrected chi connectivity index (χ3v) is 5.50. The maximum absolute atomic E-state index is 12.1. The van der Waals surface area contributed by atoms with E-state index in [0.29, 0.717) is 24.2 Å². The van der Waals surface area contributed by atoms with Crippen molar-refractivity contribution in [3.63, 3.8) is 0 Å². The SMILES string of the molecule is O=C(CCC(=O)Nc1cccc(O)c1)NC[C@@H]1CCCN2CCCC[C@H]12. The summed E-state index contributed by atoms with van der Waals surface area (Å²) in [5.41, 5.74) is 0.537. The molecule has 26 heavy (non-hydrogen) atoms. The first-order chi connectivity index (χ1) is 12.6. The minimum atomic E-state index is -0.220. The molecule has 0 spiro atoms. The molecule has 0 unspecified atom stereocenters. The molecule has 2 aliphatic heterocycles. The average Bonchev–Trinajstić information content (AvgIpc) is 2.64. The second kappa shape index (κ2) is 9.03. The van der Waals surface area contributed by atoms with E-state index in [2.05, 4.69) is 15.5 Å². The molecule has 6 heteroatoms. The van der Waals surface area contributed by atoms with Gasteiger partial charge >= 0.3 is 0 Å². The van der Waals surface area contributed by atoms with E-state index in [1.807, 2.05) is 0 Å². The zero-order chi connectivity index (χ0) is 18.4. The van der Waals surface area contributed by atoms with Crippen molar-refractivity contribution in [2.45, 2.75) is 51.0 Å².